The molecule has 0 aliphatic heterocycles. The third-order valence-corrected chi connectivity index (χ3v) is 4.49. The van der Waals surface area contributed by atoms with Crippen LogP contribution in [0, 0.1) is 29.1 Å². The molecular weight excluding hydrogens is 340 g/mol. The Morgan fingerprint density at radius 1 is 1.26 bits per heavy atom. The van der Waals surface area contributed by atoms with Gasteiger partial charge in [0.05, 0.1) is 17.7 Å². The molecule has 1 saturated carbocycles. The van der Waals surface area contributed by atoms with Crippen molar-refractivity contribution in [2.45, 2.75) is 32.3 Å². The molecule has 1 aliphatic rings. The molecule has 1 aliphatic carbocycles. The summed E-state index contributed by atoms with van der Waals surface area (Å²) in [6.07, 6.45) is 6.54. The van der Waals surface area contributed by atoms with Crippen molar-refractivity contribution in [2.24, 2.45) is 5.92 Å². The maximum Gasteiger partial charge on any atom is 0.336 e. The number of benzene rings is 1. The van der Waals surface area contributed by atoms with Crippen LogP contribution >= 0.6 is 0 Å². The summed E-state index contributed by atoms with van der Waals surface area (Å²) in [5.74, 6) is 5.78. The van der Waals surface area contributed by atoms with Crippen molar-refractivity contribution in [1.82, 2.24) is 4.98 Å². The first kappa shape index (κ1) is 18.6. The van der Waals surface area contributed by atoms with Crippen LogP contribution in [0.4, 0.5) is 0 Å². The summed E-state index contributed by atoms with van der Waals surface area (Å²) in [6, 6.07) is 7.87. The highest BCUT2D eigenvalue weighted by Gasteiger charge is 2.18. The summed E-state index contributed by atoms with van der Waals surface area (Å²) in [7, 11) is 1.52. The molecule has 0 bridgehead atoms. The minimum Gasteiger partial charge on any atom is -0.478 e. The molecule has 1 aromatic heterocycles. The largest absolute Gasteiger partial charge is 0.478 e. The highest BCUT2D eigenvalue weighted by molar-refractivity contribution is 5.91. The lowest BCUT2D eigenvalue weighted by molar-refractivity contribution is 0.0690. The van der Waals surface area contributed by atoms with Crippen molar-refractivity contribution in [3.63, 3.8) is 0 Å². The SMILES string of the molecule is COCc1cncc(CCc2ccc(C#CC3CC3)c(C#N)c2)c1C(=O)O. The van der Waals surface area contributed by atoms with Crippen molar-refractivity contribution in [3.8, 4) is 17.9 Å². The lowest BCUT2D eigenvalue weighted by atomic mass is 9.97. The highest BCUT2D eigenvalue weighted by atomic mass is 16.5. The Hall–Kier alpha value is -3.15. The van der Waals surface area contributed by atoms with Crippen LogP contribution in [-0.2, 0) is 24.2 Å². The van der Waals surface area contributed by atoms with Gasteiger partial charge in [0, 0.05) is 36.5 Å². The molecule has 1 heterocycles. The molecular formula is C22H20N2O3. The molecule has 27 heavy (non-hydrogen) atoms. The molecule has 2 aromatic rings. The minimum atomic E-state index is -0.983. The quantitative estimate of drug-likeness (QED) is 0.799. The number of nitrogens with zero attached hydrogens (tertiary/aromatic N) is 2. The zero-order valence-electron chi connectivity index (χ0n) is 15.2. The average Bonchev–Trinajstić information content (AvgIpc) is 3.49. The van der Waals surface area contributed by atoms with Crippen molar-refractivity contribution in [3.05, 3.63) is 64.0 Å². The number of rotatable bonds is 6. The highest BCUT2D eigenvalue weighted by Crippen LogP contribution is 2.27. The summed E-state index contributed by atoms with van der Waals surface area (Å²) in [6.45, 7) is 0.204. The topological polar surface area (TPSA) is 83.2 Å². The smallest absolute Gasteiger partial charge is 0.336 e. The number of hydrogen-bond donors (Lipinski definition) is 1. The van der Waals surface area contributed by atoms with E-state index in [1.807, 2.05) is 18.2 Å². The van der Waals surface area contributed by atoms with Crippen LogP contribution < -0.4 is 0 Å². The summed E-state index contributed by atoms with van der Waals surface area (Å²) >= 11 is 0. The van der Waals surface area contributed by atoms with Gasteiger partial charge in [-0.1, -0.05) is 17.9 Å². The molecule has 1 aromatic carbocycles. The van der Waals surface area contributed by atoms with E-state index in [1.165, 1.54) is 13.3 Å². The maximum absolute atomic E-state index is 11.7. The standard InChI is InChI=1S/C22H20N2O3/c1-27-14-20-13-24-12-18(21(20)22(25)26)9-6-16-5-8-17(19(10-16)11-23)7-4-15-2-3-15/h5,8,10,12-13,15H,2-3,6,9,14H2,1H3,(H,25,26). The number of carboxylic acids is 1. The van der Waals surface area contributed by atoms with Crippen LogP contribution in [-0.4, -0.2) is 23.2 Å². The second kappa shape index (κ2) is 8.49. The van der Waals surface area contributed by atoms with E-state index < -0.39 is 5.97 Å². The minimum absolute atomic E-state index is 0.204. The molecule has 3 rings (SSSR count). The van der Waals surface area contributed by atoms with E-state index in [1.54, 1.807) is 6.20 Å². The van der Waals surface area contributed by atoms with Crippen LogP contribution in [0.1, 0.15) is 51.0 Å². The summed E-state index contributed by atoms with van der Waals surface area (Å²) in [5, 5.41) is 19.0. The Morgan fingerprint density at radius 3 is 2.70 bits per heavy atom. The maximum atomic E-state index is 11.7. The van der Waals surface area contributed by atoms with Gasteiger partial charge in [0.1, 0.15) is 6.07 Å². The van der Waals surface area contributed by atoms with Crippen LogP contribution in [0.15, 0.2) is 30.6 Å². The number of hydrogen-bond acceptors (Lipinski definition) is 4. The predicted molar refractivity (Wildman–Crippen MR) is 100 cm³/mol. The van der Waals surface area contributed by atoms with Crippen LogP contribution in [0.25, 0.3) is 0 Å². The van der Waals surface area contributed by atoms with Gasteiger partial charge in [-0.05, 0) is 48.9 Å². The fourth-order valence-corrected chi connectivity index (χ4v) is 2.92. The second-order valence-corrected chi connectivity index (χ2v) is 6.61. The van der Waals surface area contributed by atoms with Gasteiger partial charge in [-0.2, -0.15) is 5.26 Å². The van der Waals surface area contributed by atoms with Gasteiger partial charge in [0.2, 0.25) is 0 Å². The third kappa shape index (κ3) is 4.73. The zero-order chi connectivity index (χ0) is 19.2. The number of carbonyl (C=O) groups is 1. The number of aryl methyl sites for hydroxylation is 2. The Labute approximate surface area is 158 Å². The zero-order valence-corrected chi connectivity index (χ0v) is 15.2. The van der Waals surface area contributed by atoms with Crippen LogP contribution in [0.2, 0.25) is 0 Å². The van der Waals surface area contributed by atoms with Gasteiger partial charge in [0.25, 0.3) is 0 Å². The molecule has 0 unspecified atom stereocenters. The van der Waals surface area contributed by atoms with Gasteiger partial charge < -0.3 is 9.84 Å². The van der Waals surface area contributed by atoms with E-state index in [4.69, 9.17) is 4.74 Å². The molecule has 1 N–H and O–H groups in total. The van der Waals surface area contributed by atoms with Crippen LogP contribution in [0.5, 0.6) is 0 Å². The average molecular weight is 360 g/mol. The van der Waals surface area contributed by atoms with Crippen molar-refractivity contribution < 1.29 is 14.6 Å². The Morgan fingerprint density at radius 2 is 2.04 bits per heavy atom. The Bertz CT molecular complexity index is 960. The van der Waals surface area contributed by atoms with Crippen molar-refractivity contribution >= 4 is 5.97 Å². The normalized spacial score (nSPS) is 12.7. The predicted octanol–water partition coefficient (Wildman–Crippen LogP) is 3.34. The summed E-state index contributed by atoms with van der Waals surface area (Å²) in [4.78, 5) is 15.8. The van der Waals surface area contributed by atoms with Gasteiger partial charge in [-0.15, -0.1) is 0 Å². The van der Waals surface area contributed by atoms with Gasteiger partial charge in [-0.3, -0.25) is 4.98 Å². The van der Waals surface area contributed by atoms with E-state index in [0.29, 0.717) is 35.4 Å². The first-order valence-corrected chi connectivity index (χ1v) is 8.85. The fourth-order valence-electron chi connectivity index (χ4n) is 2.92. The summed E-state index contributed by atoms with van der Waals surface area (Å²) < 4.78 is 5.07. The molecule has 1 fully saturated rings. The monoisotopic (exact) mass is 360 g/mol. The number of methoxy groups -OCH3 is 1. The number of carboxylic acid groups (broad SMARTS) is 1. The van der Waals surface area contributed by atoms with E-state index in [0.717, 1.165) is 24.0 Å². The lowest BCUT2D eigenvalue weighted by Crippen LogP contribution is -2.10. The molecule has 0 spiro atoms. The number of nitriles is 1. The first-order chi connectivity index (χ1) is 13.1. The Balaban J connectivity index is 1.79. The molecule has 0 radical (unpaired) electrons. The van der Waals surface area contributed by atoms with Crippen LogP contribution in [0.3, 0.4) is 0 Å². The van der Waals surface area contributed by atoms with Crippen molar-refractivity contribution in [2.75, 3.05) is 7.11 Å². The van der Waals surface area contributed by atoms with Gasteiger partial charge >= 0.3 is 5.97 Å². The van der Waals surface area contributed by atoms with Crippen molar-refractivity contribution in [1.29, 1.82) is 5.26 Å². The fraction of sp³-hybridized carbons (Fsp3) is 0.318. The number of aromatic nitrogens is 1. The molecule has 0 atom stereocenters. The first-order valence-electron chi connectivity index (χ1n) is 8.85. The van der Waals surface area contributed by atoms with Gasteiger partial charge in [-0.25, -0.2) is 4.79 Å². The van der Waals surface area contributed by atoms with E-state index in [9.17, 15) is 15.2 Å². The molecule has 0 saturated heterocycles. The lowest BCUT2D eigenvalue weighted by Gasteiger charge is -2.11. The molecule has 5 heteroatoms. The molecule has 5 nitrogen and oxygen atoms in total. The second-order valence-electron chi connectivity index (χ2n) is 6.61. The number of pyridine rings is 1. The summed E-state index contributed by atoms with van der Waals surface area (Å²) in [5.41, 5.74) is 3.75. The van der Waals surface area contributed by atoms with E-state index >= 15 is 0 Å². The molecule has 136 valence electrons. The van der Waals surface area contributed by atoms with Gasteiger partial charge in [0.15, 0.2) is 0 Å². The number of aromatic carboxylic acids is 1. The third-order valence-electron chi connectivity index (χ3n) is 4.49. The van der Waals surface area contributed by atoms with E-state index in [2.05, 4.69) is 22.9 Å². The molecule has 0 amide bonds. The number of ether oxygens (including phenoxy) is 1. The Kier molecular flexibility index (Phi) is 5.86. The van der Waals surface area contributed by atoms with E-state index in [-0.39, 0.29) is 12.2 Å².